The summed E-state index contributed by atoms with van der Waals surface area (Å²) in [4.78, 5) is 4.29. The molecule has 5 nitrogen and oxygen atoms in total. The standard InChI is InChI=1S/C18H27N5.HI/c1-5-16-6-8-17(9-7-16)15(3)22-18(19-4)20-10-11-23-13-14(2)12-21-23;/h6-9,12-13,15H,5,10-11H2,1-4H3,(H2,19,20,22);1H. The van der Waals surface area contributed by atoms with E-state index in [-0.39, 0.29) is 30.0 Å². The summed E-state index contributed by atoms with van der Waals surface area (Å²) in [6.07, 6.45) is 4.98. The van der Waals surface area contributed by atoms with Crippen molar-refractivity contribution in [1.82, 2.24) is 20.4 Å². The van der Waals surface area contributed by atoms with Crippen LogP contribution in [-0.2, 0) is 13.0 Å². The number of benzene rings is 1. The first-order valence-electron chi connectivity index (χ1n) is 8.17. The van der Waals surface area contributed by atoms with E-state index in [1.54, 1.807) is 7.05 Å². The maximum absolute atomic E-state index is 4.29. The average Bonchev–Trinajstić information content (AvgIpc) is 2.99. The van der Waals surface area contributed by atoms with E-state index < -0.39 is 0 Å². The van der Waals surface area contributed by atoms with Crippen molar-refractivity contribution in [2.45, 2.75) is 39.8 Å². The fourth-order valence-electron chi connectivity index (χ4n) is 2.40. The van der Waals surface area contributed by atoms with Gasteiger partial charge in [-0.2, -0.15) is 5.10 Å². The molecule has 6 heteroatoms. The Labute approximate surface area is 162 Å². The maximum atomic E-state index is 4.29. The van der Waals surface area contributed by atoms with Gasteiger partial charge in [0.05, 0.1) is 18.8 Å². The molecule has 0 aliphatic heterocycles. The number of aryl methyl sites for hydroxylation is 2. The van der Waals surface area contributed by atoms with E-state index >= 15 is 0 Å². The predicted octanol–water partition coefficient (Wildman–Crippen LogP) is 3.30. The second-order valence-electron chi connectivity index (χ2n) is 5.74. The molecule has 2 N–H and O–H groups in total. The van der Waals surface area contributed by atoms with Crippen LogP contribution in [0, 0.1) is 6.92 Å². The molecule has 0 fully saturated rings. The Morgan fingerprint density at radius 1 is 1.29 bits per heavy atom. The molecule has 2 rings (SSSR count). The van der Waals surface area contributed by atoms with Crippen LogP contribution < -0.4 is 10.6 Å². The number of guanidine groups is 1. The minimum atomic E-state index is 0. The highest BCUT2D eigenvalue weighted by atomic mass is 127. The van der Waals surface area contributed by atoms with Gasteiger partial charge in [0.15, 0.2) is 5.96 Å². The van der Waals surface area contributed by atoms with E-state index in [1.165, 1.54) is 16.7 Å². The largest absolute Gasteiger partial charge is 0.355 e. The van der Waals surface area contributed by atoms with Crippen LogP contribution in [-0.4, -0.2) is 29.3 Å². The van der Waals surface area contributed by atoms with Crippen molar-refractivity contribution in [3.8, 4) is 0 Å². The van der Waals surface area contributed by atoms with E-state index in [4.69, 9.17) is 0 Å². The van der Waals surface area contributed by atoms with Gasteiger partial charge >= 0.3 is 0 Å². The third kappa shape index (κ3) is 6.14. The smallest absolute Gasteiger partial charge is 0.191 e. The number of nitrogens with one attached hydrogen (secondary N) is 2. The van der Waals surface area contributed by atoms with Gasteiger partial charge in [-0.1, -0.05) is 31.2 Å². The van der Waals surface area contributed by atoms with Crippen molar-refractivity contribution < 1.29 is 0 Å². The molecule has 0 aliphatic rings. The molecule has 1 unspecified atom stereocenters. The molecule has 1 heterocycles. The first kappa shape index (κ1) is 20.5. The summed E-state index contributed by atoms with van der Waals surface area (Å²) in [7, 11) is 1.79. The third-order valence-corrected chi connectivity index (χ3v) is 3.86. The Hall–Kier alpha value is -1.57. The minimum Gasteiger partial charge on any atom is -0.355 e. The zero-order valence-electron chi connectivity index (χ0n) is 14.9. The molecular weight excluding hydrogens is 413 g/mol. The molecule has 0 spiro atoms. The van der Waals surface area contributed by atoms with Gasteiger partial charge < -0.3 is 10.6 Å². The molecule has 2 aromatic rings. The van der Waals surface area contributed by atoms with E-state index in [0.717, 1.165) is 25.5 Å². The van der Waals surface area contributed by atoms with Crippen LogP contribution in [0.15, 0.2) is 41.7 Å². The summed E-state index contributed by atoms with van der Waals surface area (Å²) in [5.41, 5.74) is 3.79. The van der Waals surface area contributed by atoms with E-state index in [0.29, 0.717) is 0 Å². The van der Waals surface area contributed by atoms with Crippen LogP contribution in [0.4, 0.5) is 0 Å². The molecule has 0 bridgehead atoms. The summed E-state index contributed by atoms with van der Waals surface area (Å²) in [6, 6.07) is 8.93. The topological polar surface area (TPSA) is 54.2 Å². The second-order valence-corrected chi connectivity index (χ2v) is 5.74. The van der Waals surface area contributed by atoms with Gasteiger partial charge in [0.25, 0.3) is 0 Å². The molecule has 0 saturated carbocycles. The van der Waals surface area contributed by atoms with Crippen LogP contribution in [0.5, 0.6) is 0 Å². The van der Waals surface area contributed by atoms with Crippen LogP contribution in [0.3, 0.4) is 0 Å². The van der Waals surface area contributed by atoms with Crippen molar-refractivity contribution in [3.05, 3.63) is 53.3 Å². The van der Waals surface area contributed by atoms with Crippen molar-refractivity contribution in [1.29, 1.82) is 0 Å². The fraction of sp³-hybridized carbons (Fsp3) is 0.444. The second kappa shape index (κ2) is 10.3. The molecule has 0 amide bonds. The molecule has 1 aromatic carbocycles. The van der Waals surface area contributed by atoms with Crippen molar-refractivity contribution in [2.24, 2.45) is 4.99 Å². The van der Waals surface area contributed by atoms with Crippen LogP contribution in [0.2, 0.25) is 0 Å². The number of nitrogens with zero attached hydrogens (tertiary/aromatic N) is 3. The number of aliphatic imine (C=N–C) groups is 1. The average molecular weight is 441 g/mol. The molecule has 132 valence electrons. The van der Waals surface area contributed by atoms with Crippen molar-refractivity contribution in [3.63, 3.8) is 0 Å². The SMILES string of the molecule is CCc1ccc(C(C)NC(=NC)NCCn2cc(C)cn2)cc1.I. The molecule has 1 aromatic heterocycles. The lowest BCUT2D eigenvalue weighted by molar-refractivity contribution is 0.591. The van der Waals surface area contributed by atoms with Crippen LogP contribution in [0.1, 0.15) is 36.6 Å². The van der Waals surface area contributed by atoms with Gasteiger partial charge in [-0.15, -0.1) is 24.0 Å². The normalized spacial score (nSPS) is 12.4. The minimum absolute atomic E-state index is 0. The van der Waals surface area contributed by atoms with Gasteiger partial charge in [-0.25, -0.2) is 0 Å². The zero-order valence-corrected chi connectivity index (χ0v) is 17.2. The number of rotatable bonds is 6. The van der Waals surface area contributed by atoms with Gasteiger partial charge in [0, 0.05) is 19.8 Å². The van der Waals surface area contributed by atoms with E-state index in [2.05, 4.69) is 58.8 Å². The van der Waals surface area contributed by atoms with Gasteiger partial charge in [0.1, 0.15) is 0 Å². The third-order valence-electron chi connectivity index (χ3n) is 3.86. The highest BCUT2D eigenvalue weighted by Gasteiger charge is 2.07. The summed E-state index contributed by atoms with van der Waals surface area (Å²) >= 11 is 0. The maximum Gasteiger partial charge on any atom is 0.191 e. The Morgan fingerprint density at radius 2 is 2.00 bits per heavy atom. The molecule has 0 saturated heterocycles. The first-order valence-corrected chi connectivity index (χ1v) is 8.17. The lowest BCUT2D eigenvalue weighted by Crippen LogP contribution is -2.40. The summed E-state index contributed by atoms with van der Waals surface area (Å²) in [6.45, 7) is 7.95. The molecule has 24 heavy (non-hydrogen) atoms. The lowest BCUT2D eigenvalue weighted by atomic mass is 10.1. The highest BCUT2D eigenvalue weighted by molar-refractivity contribution is 14.0. The predicted molar refractivity (Wildman–Crippen MR) is 111 cm³/mol. The highest BCUT2D eigenvalue weighted by Crippen LogP contribution is 2.13. The number of hydrogen-bond donors (Lipinski definition) is 2. The Bertz CT molecular complexity index is 633. The van der Waals surface area contributed by atoms with Crippen LogP contribution >= 0.6 is 24.0 Å². The van der Waals surface area contributed by atoms with E-state index in [1.807, 2.05) is 24.0 Å². The summed E-state index contributed by atoms with van der Waals surface area (Å²) in [5, 5.41) is 11.0. The summed E-state index contributed by atoms with van der Waals surface area (Å²) < 4.78 is 1.93. The van der Waals surface area contributed by atoms with Crippen molar-refractivity contribution in [2.75, 3.05) is 13.6 Å². The molecule has 1 atom stereocenters. The van der Waals surface area contributed by atoms with Gasteiger partial charge in [-0.3, -0.25) is 9.67 Å². The number of aromatic nitrogens is 2. The lowest BCUT2D eigenvalue weighted by Gasteiger charge is -2.18. The Morgan fingerprint density at radius 3 is 2.54 bits per heavy atom. The Balaban J connectivity index is 0.00000288. The molecule has 0 radical (unpaired) electrons. The van der Waals surface area contributed by atoms with Crippen LogP contribution in [0.25, 0.3) is 0 Å². The van der Waals surface area contributed by atoms with E-state index in [9.17, 15) is 0 Å². The first-order chi connectivity index (χ1) is 11.1. The number of hydrogen-bond acceptors (Lipinski definition) is 2. The van der Waals surface area contributed by atoms with Gasteiger partial charge in [-0.05, 0) is 37.0 Å². The zero-order chi connectivity index (χ0) is 16.7. The quantitative estimate of drug-likeness (QED) is 0.411. The fourth-order valence-corrected chi connectivity index (χ4v) is 2.40. The molecule has 0 aliphatic carbocycles. The number of halogens is 1. The summed E-state index contributed by atoms with van der Waals surface area (Å²) in [5.74, 6) is 0.806. The van der Waals surface area contributed by atoms with Crippen molar-refractivity contribution >= 4 is 29.9 Å². The van der Waals surface area contributed by atoms with Gasteiger partial charge in [0.2, 0.25) is 0 Å². The molecular formula is C18H28IN5. The Kier molecular flexibility index (Phi) is 8.81. The monoisotopic (exact) mass is 441 g/mol.